The average Bonchev–Trinajstić information content (AvgIpc) is 2.91. The molecule has 3 N–H and O–H groups in total. The molecule has 0 aliphatic carbocycles. The van der Waals surface area contributed by atoms with Gasteiger partial charge in [-0.1, -0.05) is 20.8 Å². The van der Waals surface area contributed by atoms with Crippen LogP contribution in [0.4, 0.5) is 11.8 Å². The third-order valence-electron chi connectivity index (χ3n) is 3.40. The molecule has 6 nitrogen and oxygen atoms in total. The summed E-state index contributed by atoms with van der Waals surface area (Å²) in [5.41, 5.74) is 0.766. The lowest BCUT2D eigenvalue weighted by molar-refractivity contribution is 0.527. The van der Waals surface area contributed by atoms with Crippen molar-refractivity contribution < 1.29 is 0 Å². The number of anilines is 2. The van der Waals surface area contributed by atoms with Crippen molar-refractivity contribution in [2.24, 2.45) is 5.92 Å². The lowest BCUT2D eigenvalue weighted by atomic mass is 10.0. The predicted octanol–water partition coefficient (Wildman–Crippen LogP) is 3.41. The van der Waals surface area contributed by atoms with E-state index in [2.05, 4.69) is 58.5 Å². The molecule has 116 valence electrons. The van der Waals surface area contributed by atoms with Crippen molar-refractivity contribution in [1.29, 1.82) is 0 Å². The van der Waals surface area contributed by atoms with Crippen molar-refractivity contribution in [1.82, 2.24) is 20.2 Å². The highest BCUT2D eigenvalue weighted by molar-refractivity contribution is 5.87. The zero-order chi connectivity index (χ0) is 15.2. The van der Waals surface area contributed by atoms with Gasteiger partial charge in [0, 0.05) is 12.6 Å². The van der Waals surface area contributed by atoms with Gasteiger partial charge in [-0.3, -0.25) is 5.10 Å². The van der Waals surface area contributed by atoms with Gasteiger partial charge in [0.25, 0.3) is 0 Å². The molecule has 0 amide bonds. The molecule has 0 spiro atoms. The summed E-state index contributed by atoms with van der Waals surface area (Å²) in [5.74, 6) is 2.21. The van der Waals surface area contributed by atoms with Gasteiger partial charge in [-0.2, -0.15) is 15.1 Å². The summed E-state index contributed by atoms with van der Waals surface area (Å²) >= 11 is 0. The second-order valence-corrected chi connectivity index (χ2v) is 5.97. The molecule has 2 aromatic heterocycles. The molecular formula is C15H26N6. The molecule has 2 aromatic rings. The van der Waals surface area contributed by atoms with E-state index < -0.39 is 0 Å². The maximum absolute atomic E-state index is 4.58. The quantitative estimate of drug-likeness (QED) is 0.694. The van der Waals surface area contributed by atoms with Crippen molar-refractivity contribution in [2.45, 2.75) is 53.0 Å². The summed E-state index contributed by atoms with van der Waals surface area (Å²) < 4.78 is 0. The van der Waals surface area contributed by atoms with E-state index in [1.165, 1.54) is 6.42 Å². The summed E-state index contributed by atoms with van der Waals surface area (Å²) in [5, 5.41) is 14.6. The van der Waals surface area contributed by atoms with Gasteiger partial charge in [0.2, 0.25) is 5.95 Å². The Balaban J connectivity index is 2.14. The van der Waals surface area contributed by atoms with Crippen LogP contribution < -0.4 is 10.6 Å². The molecule has 6 heteroatoms. The highest BCUT2D eigenvalue weighted by atomic mass is 15.2. The highest BCUT2D eigenvalue weighted by Gasteiger charge is 2.12. The van der Waals surface area contributed by atoms with E-state index in [0.717, 1.165) is 42.2 Å². The smallest absolute Gasteiger partial charge is 0.226 e. The molecule has 0 saturated heterocycles. The van der Waals surface area contributed by atoms with Crippen LogP contribution in [0.25, 0.3) is 11.0 Å². The number of aromatic nitrogens is 4. The van der Waals surface area contributed by atoms with Gasteiger partial charge < -0.3 is 10.6 Å². The molecule has 2 heterocycles. The van der Waals surface area contributed by atoms with Crippen molar-refractivity contribution in [3.63, 3.8) is 0 Å². The van der Waals surface area contributed by atoms with E-state index in [0.29, 0.717) is 12.0 Å². The molecule has 0 fully saturated rings. The Morgan fingerprint density at radius 3 is 2.71 bits per heavy atom. The summed E-state index contributed by atoms with van der Waals surface area (Å²) in [4.78, 5) is 9.02. The first-order chi connectivity index (χ1) is 10.1. The van der Waals surface area contributed by atoms with Crippen LogP contribution in [-0.4, -0.2) is 32.8 Å². The number of nitrogens with one attached hydrogen (secondary N) is 3. The number of hydrogen-bond acceptors (Lipinski definition) is 5. The maximum Gasteiger partial charge on any atom is 0.226 e. The minimum Gasteiger partial charge on any atom is -0.367 e. The van der Waals surface area contributed by atoms with Crippen LogP contribution in [0.1, 0.15) is 47.0 Å². The van der Waals surface area contributed by atoms with Crippen LogP contribution in [0.15, 0.2) is 6.20 Å². The van der Waals surface area contributed by atoms with Gasteiger partial charge in [0.05, 0.1) is 11.6 Å². The van der Waals surface area contributed by atoms with E-state index in [9.17, 15) is 0 Å². The third-order valence-corrected chi connectivity index (χ3v) is 3.40. The first-order valence-corrected chi connectivity index (χ1v) is 7.81. The fraction of sp³-hybridized carbons (Fsp3) is 0.667. The molecule has 0 bridgehead atoms. The Labute approximate surface area is 126 Å². The zero-order valence-corrected chi connectivity index (χ0v) is 13.4. The lowest BCUT2D eigenvalue weighted by Crippen LogP contribution is -2.18. The number of aromatic amines is 1. The second kappa shape index (κ2) is 7.24. The van der Waals surface area contributed by atoms with Crippen LogP contribution in [0.2, 0.25) is 0 Å². The number of nitrogens with zero attached hydrogens (tertiary/aromatic N) is 3. The second-order valence-electron chi connectivity index (χ2n) is 5.97. The topological polar surface area (TPSA) is 78.5 Å². The number of H-pyrrole nitrogens is 1. The number of hydrogen-bond donors (Lipinski definition) is 3. The Kier molecular flexibility index (Phi) is 5.36. The first-order valence-electron chi connectivity index (χ1n) is 7.81. The largest absolute Gasteiger partial charge is 0.367 e. The van der Waals surface area contributed by atoms with Crippen LogP contribution in [0, 0.1) is 5.92 Å². The molecule has 0 radical (unpaired) electrons. The zero-order valence-electron chi connectivity index (χ0n) is 13.4. The minimum absolute atomic E-state index is 0.374. The van der Waals surface area contributed by atoms with E-state index in [1.807, 2.05) is 0 Å². The van der Waals surface area contributed by atoms with Gasteiger partial charge in [0.15, 0.2) is 5.65 Å². The van der Waals surface area contributed by atoms with Crippen molar-refractivity contribution in [2.75, 3.05) is 17.2 Å². The van der Waals surface area contributed by atoms with Gasteiger partial charge in [-0.05, 0) is 32.1 Å². The first kappa shape index (κ1) is 15.5. The molecule has 0 aliphatic rings. The Morgan fingerprint density at radius 2 is 2.00 bits per heavy atom. The summed E-state index contributed by atoms with van der Waals surface area (Å²) in [6.45, 7) is 9.67. The standard InChI is InChI=1S/C15H26N6/c1-5-8-16-15-19-13(12-9-17-21-14(12)20-15)18-11(4)7-6-10(2)3/h9-11H,5-8H2,1-4H3,(H3,16,17,18,19,20,21). The van der Waals surface area contributed by atoms with Crippen LogP contribution in [0.5, 0.6) is 0 Å². The van der Waals surface area contributed by atoms with Crippen LogP contribution in [-0.2, 0) is 0 Å². The molecule has 2 rings (SSSR count). The summed E-state index contributed by atoms with van der Waals surface area (Å²) in [6.07, 6.45) is 5.14. The normalized spacial score (nSPS) is 12.8. The van der Waals surface area contributed by atoms with Crippen LogP contribution >= 0.6 is 0 Å². The van der Waals surface area contributed by atoms with Crippen molar-refractivity contribution >= 4 is 22.8 Å². The Bertz CT molecular complexity index is 562. The molecule has 1 atom stereocenters. The average molecular weight is 290 g/mol. The van der Waals surface area contributed by atoms with Crippen molar-refractivity contribution in [3.8, 4) is 0 Å². The molecule has 21 heavy (non-hydrogen) atoms. The van der Waals surface area contributed by atoms with E-state index in [1.54, 1.807) is 6.20 Å². The van der Waals surface area contributed by atoms with Crippen molar-refractivity contribution in [3.05, 3.63) is 6.20 Å². The van der Waals surface area contributed by atoms with E-state index in [-0.39, 0.29) is 0 Å². The number of rotatable bonds is 8. The molecule has 0 aromatic carbocycles. The fourth-order valence-electron chi connectivity index (χ4n) is 2.15. The fourth-order valence-corrected chi connectivity index (χ4v) is 2.15. The van der Waals surface area contributed by atoms with Gasteiger partial charge in [-0.25, -0.2) is 0 Å². The SMILES string of the molecule is CCCNc1nc(NC(C)CCC(C)C)c2cn[nH]c2n1. The monoisotopic (exact) mass is 290 g/mol. The van der Waals surface area contributed by atoms with E-state index >= 15 is 0 Å². The number of fused-ring (bicyclic) bond motifs is 1. The Morgan fingerprint density at radius 1 is 1.19 bits per heavy atom. The van der Waals surface area contributed by atoms with Gasteiger partial charge in [0.1, 0.15) is 5.82 Å². The van der Waals surface area contributed by atoms with Crippen LogP contribution in [0.3, 0.4) is 0 Å². The summed E-state index contributed by atoms with van der Waals surface area (Å²) in [7, 11) is 0. The van der Waals surface area contributed by atoms with E-state index in [4.69, 9.17) is 0 Å². The highest BCUT2D eigenvalue weighted by Crippen LogP contribution is 2.21. The van der Waals surface area contributed by atoms with Gasteiger partial charge >= 0.3 is 0 Å². The molecule has 1 unspecified atom stereocenters. The van der Waals surface area contributed by atoms with Gasteiger partial charge in [-0.15, -0.1) is 0 Å². The molecular weight excluding hydrogens is 264 g/mol. The summed E-state index contributed by atoms with van der Waals surface area (Å²) in [6, 6.07) is 0.374. The molecule has 0 aliphatic heterocycles. The molecule has 0 saturated carbocycles. The lowest BCUT2D eigenvalue weighted by Gasteiger charge is -2.16. The predicted molar refractivity (Wildman–Crippen MR) is 87.6 cm³/mol. The Hall–Kier alpha value is -1.85. The maximum atomic E-state index is 4.58. The minimum atomic E-state index is 0.374. The third kappa shape index (κ3) is 4.31.